The zero-order valence-electron chi connectivity index (χ0n) is 15.4. The summed E-state index contributed by atoms with van der Waals surface area (Å²) in [5, 5.41) is 14.9. The minimum atomic E-state index is -0.434. The average Bonchev–Trinajstić information content (AvgIpc) is 3.15. The Balaban J connectivity index is 1.52. The number of anilines is 1. The van der Waals surface area contributed by atoms with Crippen LogP contribution in [0, 0.1) is 10.1 Å². The second kappa shape index (κ2) is 8.44. The van der Waals surface area contributed by atoms with Crippen LogP contribution in [0.3, 0.4) is 0 Å². The molecule has 0 unspecified atom stereocenters. The summed E-state index contributed by atoms with van der Waals surface area (Å²) in [7, 11) is 0. The number of non-ortho nitro benzene ring substituents is 1. The van der Waals surface area contributed by atoms with Gasteiger partial charge in [0.1, 0.15) is 5.01 Å². The van der Waals surface area contributed by atoms with Crippen LogP contribution < -0.4 is 5.32 Å². The molecule has 0 fully saturated rings. The number of rotatable bonds is 5. The monoisotopic (exact) mass is 435 g/mol. The van der Waals surface area contributed by atoms with Gasteiger partial charge in [0.25, 0.3) is 11.6 Å². The summed E-state index contributed by atoms with van der Waals surface area (Å²) in [4.78, 5) is 27.3. The normalized spacial score (nSPS) is 11.1. The van der Waals surface area contributed by atoms with Crippen LogP contribution in [0.4, 0.5) is 11.4 Å². The van der Waals surface area contributed by atoms with Crippen LogP contribution in [0.15, 0.2) is 66.7 Å². The van der Waals surface area contributed by atoms with Gasteiger partial charge in [-0.15, -0.1) is 11.3 Å². The summed E-state index contributed by atoms with van der Waals surface area (Å²) >= 11 is 7.53. The maximum absolute atomic E-state index is 12.4. The lowest BCUT2D eigenvalue weighted by atomic mass is 10.1. The van der Waals surface area contributed by atoms with E-state index in [9.17, 15) is 14.9 Å². The molecule has 0 atom stereocenters. The molecule has 8 heteroatoms. The summed E-state index contributed by atoms with van der Waals surface area (Å²) in [6.07, 6.45) is 3.71. The molecular weight excluding hydrogens is 422 g/mol. The molecule has 0 spiro atoms. The number of fused-ring (bicyclic) bond motifs is 1. The Labute approximate surface area is 180 Å². The zero-order valence-corrected chi connectivity index (χ0v) is 17.0. The molecule has 0 saturated carbocycles. The van der Waals surface area contributed by atoms with Gasteiger partial charge in [0.2, 0.25) is 0 Å². The van der Waals surface area contributed by atoms with E-state index >= 15 is 0 Å². The van der Waals surface area contributed by atoms with Crippen molar-refractivity contribution in [2.45, 2.75) is 0 Å². The lowest BCUT2D eigenvalue weighted by molar-refractivity contribution is -0.384. The van der Waals surface area contributed by atoms with Gasteiger partial charge in [-0.05, 0) is 42.0 Å². The SMILES string of the molecule is O=C(Nc1cccc(/C=C/c2nc3cc([N+](=O)[O-])ccc3s2)c1)c1ccccc1Cl. The van der Waals surface area contributed by atoms with E-state index in [2.05, 4.69) is 10.3 Å². The highest BCUT2D eigenvalue weighted by molar-refractivity contribution is 7.19. The van der Waals surface area contributed by atoms with E-state index in [1.807, 2.05) is 30.4 Å². The third kappa shape index (κ3) is 4.37. The van der Waals surface area contributed by atoms with E-state index in [-0.39, 0.29) is 11.6 Å². The summed E-state index contributed by atoms with van der Waals surface area (Å²) < 4.78 is 0.876. The van der Waals surface area contributed by atoms with Crippen molar-refractivity contribution in [2.75, 3.05) is 5.32 Å². The molecule has 1 amide bonds. The number of thiazole rings is 1. The molecule has 0 radical (unpaired) electrons. The molecule has 0 saturated heterocycles. The molecule has 6 nitrogen and oxygen atoms in total. The average molecular weight is 436 g/mol. The number of carbonyl (C=O) groups excluding carboxylic acids is 1. The molecule has 1 N–H and O–H groups in total. The predicted molar refractivity (Wildman–Crippen MR) is 121 cm³/mol. The maximum Gasteiger partial charge on any atom is 0.271 e. The molecule has 1 heterocycles. The van der Waals surface area contributed by atoms with Gasteiger partial charge in [0, 0.05) is 17.8 Å². The van der Waals surface area contributed by atoms with Gasteiger partial charge >= 0.3 is 0 Å². The first-order chi connectivity index (χ1) is 14.5. The Bertz CT molecular complexity index is 1300. The third-order valence-electron chi connectivity index (χ3n) is 4.28. The van der Waals surface area contributed by atoms with E-state index in [4.69, 9.17) is 11.6 Å². The van der Waals surface area contributed by atoms with Crippen molar-refractivity contribution in [3.8, 4) is 0 Å². The standard InChI is InChI=1S/C22H14ClN3O3S/c23-18-7-2-1-6-17(18)22(27)24-15-5-3-4-14(12-15)8-11-21-25-19-13-16(26(28)29)9-10-20(19)30-21/h1-13H,(H,24,27)/b11-8+. The van der Waals surface area contributed by atoms with Crippen molar-refractivity contribution >= 4 is 62.6 Å². The topological polar surface area (TPSA) is 85.1 Å². The van der Waals surface area contributed by atoms with Crippen LogP contribution in [-0.2, 0) is 0 Å². The number of carbonyl (C=O) groups is 1. The highest BCUT2D eigenvalue weighted by Gasteiger charge is 2.10. The summed E-state index contributed by atoms with van der Waals surface area (Å²) in [5.74, 6) is -0.283. The molecule has 0 aliphatic rings. The van der Waals surface area contributed by atoms with Gasteiger partial charge in [-0.3, -0.25) is 14.9 Å². The lowest BCUT2D eigenvalue weighted by Gasteiger charge is -2.07. The van der Waals surface area contributed by atoms with Gasteiger partial charge in [-0.2, -0.15) is 0 Å². The minimum Gasteiger partial charge on any atom is -0.322 e. The Morgan fingerprint density at radius 3 is 2.70 bits per heavy atom. The number of halogens is 1. The number of benzene rings is 3. The number of amides is 1. The van der Waals surface area contributed by atoms with Gasteiger partial charge in [0.05, 0.1) is 25.7 Å². The number of nitro benzene ring substituents is 1. The molecule has 1 aromatic heterocycles. The third-order valence-corrected chi connectivity index (χ3v) is 5.61. The predicted octanol–water partition coefficient (Wildman–Crippen LogP) is 6.28. The van der Waals surface area contributed by atoms with E-state index < -0.39 is 4.92 Å². The van der Waals surface area contributed by atoms with Gasteiger partial charge in [-0.1, -0.05) is 41.9 Å². The molecule has 0 aliphatic heterocycles. The molecule has 3 aromatic carbocycles. The first-order valence-corrected chi connectivity index (χ1v) is 10.1. The minimum absolute atomic E-state index is 0.0188. The van der Waals surface area contributed by atoms with E-state index in [0.29, 0.717) is 21.8 Å². The number of aromatic nitrogens is 1. The Morgan fingerprint density at radius 2 is 1.90 bits per heavy atom. The van der Waals surface area contributed by atoms with Gasteiger partial charge < -0.3 is 5.32 Å². The van der Waals surface area contributed by atoms with Crippen molar-refractivity contribution in [3.05, 3.63) is 98.0 Å². The smallest absolute Gasteiger partial charge is 0.271 e. The Morgan fingerprint density at radius 1 is 1.07 bits per heavy atom. The van der Waals surface area contributed by atoms with Crippen LogP contribution in [0.1, 0.15) is 20.9 Å². The van der Waals surface area contributed by atoms with Gasteiger partial charge in [0.15, 0.2) is 0 Å². The highest BCUT2D eigenvalue weighted by Crippen LogP contribution is 2.27. The van der Waals surface area contributed by atoms with E-state index in [0.717, 1.165) is 15.3 Å². The van der Waals surface area contributed by atoms with E-state index in [1.165, 1.54) is 23.5 Å². The Hall–Kier alpha value is -3.55. The van der Waals surface area contributed by atoms with Crippen LogP contribution in [0.5, 0.6) is 0 Å². The summed E-state index contributed by atoms with van der Waals surface area (Å²) in [6.45, 7) is 0. The van der Waals surface area contributed by atoms with Crippen LogP contribution in [-0.4, -0.2) is 15.8 Å². The first kappa shape index (κ1) is 19.8. The highest BCUT2D eigenvalue weighted by atomic mass is 35.5. The van der Waals surface area contributed by atoms with Crippen molar-refractivity contribution in [2.24, 2.45) is 0 Å². The lowest BCUT2D eigenvalue weighted by Crippen LogP contribution is -2.12. The number of nitro groups is 1. The molecule has 148 valence electrons. The number of nitrogens with one attached hydrogen (secondary N) is 1. The largest absolute Gasteiger partial charge is 0.322 e. The van der Waals surface area contributed by atoms with Crippen LogP contribution in [0.2, 0.25) is 5.02 Å². The molecular formula is C22H14ClN3O3S. The molecule has 0 bridgehead atoms. The van der Waals surface area contributed by atoms with Crippen molar-refractivity contribution in [1.29, 1.82) is 0 Å². The number of nitrogens with zero attached hydrogens (tertiary/aromatic N) is 2. The molecule has 4 rings (SSSR count). The van der Waals surface area contributed by atoms with Crippen molar-refractivity contribution in [1.82, 2.24) is 4.98 Å². The second-order valence-electron chi connectivity index (χ2n) is 6.35. The van der Waals surface area contributed by atoms with E-state index in [1.54, 1.807) is 36.4 Å². The van der Waals surface area contributed by atoms with Crippen molar-refractivity contribution in [3.63, 3.8) is 0 Å². The number of hydrogen-bond donors (Lipinski definition) is 1. The number of hydrogen-bond acceptors (Lipinski definition) is 5. The van der Waals surface area contributed by atoms with Crippen LogP contribution >= 0.6 is 22.9 Å². The fourth-order valence-corrected chi connectivity index (χ4v) is 3.92. The molecule has 30 heavy (non-hydrogen) atoms. The summed E-state index contributed by atoms with van der Waals surface area (Å²) in [5.41, 5.74) is 2.53. The van der Waals surface area contributed by atoms with Crippen molar-refractivity contribution < 1.29 is 9.72 Å². The fraction of sp³-hybridized carbons (Fsp3) is 0. The summed E-state index contributed by atoms with van der Waals surface area (Å²) in [6, 6.07) is 18.9. The quantitative estimate of drug-likeness (QED) is 0.295. The maximum atomic E-state index is 12.4. The van der Waals surface area contributed by atoms with Crippen LogP contribution in [0.25, 0.3) is 22.4 Å². The van der Waals surface area contributed by atoms with Gasteiger partial charge in [-0.25, -0.2) is 4.98 Å². The Kier molecular flexibility index (Phi) is 5.56. The zero-order chi connectivity index (χ0) is 21.1. The molecule has 4 aromatic rings. The first-order valence-electron chi connectivity index (χ1n) is 8.88. The molecule has 0 aliphatic carbocycles. The fourth-order valence-electron chi connectivity index (χ4n) is 2.85. The second-order valence-corrected chi connectivity index (χ2v) is 7.82.